The average Bonchev–Trinajstić information content (AvgIpc) is 2.00. The van der Waals surface area contributed by atoms with Crippen LogP contribution in [0, 0.1) is 0 Å². The Morgan fingerprint density at radius 3 is 1.56 bits per heavy atom. The second-order valence-corrected chi connectivity index (χ2v) is 5.94. The van der Waals surface area contributed by atoms with Gasteiger partial charge in [-0.15, -0.1) is 0 Å². The third-order valence-corrected chi connectivity index (χ3v) is 4.60. The van der Waals surface area contributed by atoms with Gasteiger partial charge in [0.1, 0.15) is 20.2 Å². The molecule has 0 N–H and O–H groups in total. The van der Waals surface area contributed by atoms with Gasteiger partial charge in [-0.05, 0) is 5.56 Å². The summed E-state index contributed by atoms with van der Waals surface area (Å²) in [4.78, 5) is 0. The number of hydrogen-bond acceptors (Lipinski definition) is 6. The largest absolute Gasteiger partial charge is 2.00 e. The van der Waals surface area contributed by atoms with E-state index in [1.165, 1.54) is 18.2 Å². The SMILES string of the molecule is O=S(=O)([O-])C(c1ccccc1)S(=O)(=O)[O-].[Ca+2]. The van der Waals surface area contributed by atoms with Crippen LogP contribution in [-0.4, -0.2) is 63.7 Å². The van der Waals surface area contributed by atoms with Crippen LogP contribution in [0.1, 0.15) is 10.1 Å². The van der Waals surface area contributed by atoms with E-state index in [0.717, 1.165) is 12.1 Å². The first kappa shape index (κ1) is 16.3. The topological polar surface area (TPSA) is 114 Å². The van der Waals surface area contributed by atoms with Crippen LogP contribution in [0.4, 0.5) is 0 Å². The Balaban J connectivity index is 0.00000225. The van der Waals surface area contributed by atoms with Crippen molar-refractivity contribution in [2.75, 3.05) is 0 Å². The molecule has 0 aliphatic carbocycles. The van der Waals surface area contributed by atoms with Gasteiger partial charge in [-0.25, -0.2) is 16.8 Å². The van der Waals surface area contributed by atoms with Crippen molar-refractivity contribution in [3.8, 4) is 0 Å². The van der Waals surface area contributed by atoms with Gasteiger partial charge in [0.05, 0.1) is 0 Å². The predicted octanol–water partition coefficient (Wildman–Crippen LogP) is -0.605. The molecule has 1 aromatic carbocycles. The van der Waals surface area contributed by atoms with Gasteiger partial charge < -0.3 is 9.11 Å². The van der Waals surface area contributed by atoms with Crippen molar-refractivity contribution in [1.29, 1.82) is 0 Å². The summed E-state index contributed by atoms with van der Waals surface area (Å²) in [6.45, 7) is 0. The van der Waals surface area contributed by atoms with E-state index in [2.05, 4.69) is 0 Å². The molecule has 0 fully saturated rings. The van der Waals surface area contributed by atoms with Gasteiger partial charge in [-0.2, -0.15) is 0 Å². The quantitative estimate of drug-likeness (QED) is 0.542. The molecule has 0 aromatic heterocycles. The summed E-state index contributed by atoms with van der Waals surface area (Å²) in [5.74, 6) is 0. The summed E-state index contributed by atoms with van der Waals surface area (Å²) < 4.78 is 61.3. The molecule has 0 unspecified atom stereocenters. The maximum absolute atomic E-state index is 10.6. The molecule has 9 heteroatoms. The normalized spacial score (nSPS) is 12.2. The first-order chi connectivity index (χ1) is 6.73. The van der Waals surface area contributed by atoms with Crippen molar-refractivity contribution in [3.63, 3.8) is 0 Å². The molecule has 0 heterocycles. The van der Waals surface area contributed by atoms with Crippen LogP contribution in [0.5, 0.6) is 0 Å². The van der Waals surface area contributed by atoms with E-state index in [-0.39, 0.29) is 43.3 Å². The van der Waals surface area contributed by atoms with Crippen molar-refractivity contribution >= 4 is 58.0 Å². The Bertz CT molecular complexity index is 503. The van der Waals surface area contributed by atoms with E-state index in [4.69, 9.17) is 0 Å². The van der Waals surface area contributed by atoms with Crippen molar-refractivity contribution in [2.24, 2.45) is 0 Å². The fourth-order valence-corrected chi connectivity index (χ4v) is 3.22. The van der Waals surface area contributed by atoms with Gasteiger partial charge in [0.15, 0.2) is 4.58 Å². The van der Waals surface area contributed by atoms with Crippen LogP contribution in [0.3, 0.4) is 0 Å². The second-order valence-electron chi connectivity index (χ2n) is 2.73. The molecule has 6 nitrogen and oxygen atoms in total. The van der Waals surface area contributed by atoms with Crippen molar-refractivity contribution in [2.45, 2.75) is 4.58 Å². The third kappa shape index (κ3) is 4.28. The van der Waals surface area contributed by atoms with Crippen LogP contribution in [-0.2, 0) is 20.2 Å². The van der Waals surface area contributed by atoms with E-state index < -0.39 is 24.8 Å². The number of benzene rings is 1. The molecule has 84 valence electrons. The minimum Gasteiger partial charge on any atom is -0.747 e. The third-order valence-electron chi connectivity index (χ3n) is 1.60. The predicted molar refractivity (Wildman–Crippen MR) is 54.3 cm³/mol. The van der Waals surface area contributed by atoms with E-state index in [0.29, 0.717) is 0 Å². The zero-order chi connectivity index (χ0) is 11.7. The molecule has 16 heavy (non-hydrogen) atoms. The summed E-state index contributed by atoms with van der Waals surface area (Å²) in [7, 11) is -10.5. The summed E-state index contributed by atoms with van der Waals surface area (Å²) in [5.41, 5.74) is -0.345. The molecule has 1 aromatic rings. The van der Waals surface area contributed by atoms with Crippen LogP contribution in [0.15, 0.2) is 30.3 Å². The average molecular weight is 290 g/mol. The zero-order valence-corrected chi connectivity index (χ0v) is 11.8. The molecular formula is C7H6CaO6S2. The van der Waals surface area contributed by atoms with Gasteiger partial charge in [0, 0.05) is 0 Å². The first-order valence-electron chi connectivity index (χ1n) is 3.67. The molecule has 0 bridgehead atoms. The molecule has 0 saturated carbocycles. The van der Waals surface area contributed by atoms with Gasteiger partial charge in [-0.1, -0.05) is 30.3 Å². The Labute approximate surface area is 123 Å². The fraction of sp³-hybridized carbons (Fsp3) is 0.143. The van der Waals surface area contributed by atoms with Crippen molar-refractivity contribution < 1.29 is 25.9 Å². The first-order valence-corrected chi connectivity index (χ1v) is 6.61. The number of hydrogen-bond donors (Lipinski definition) is 0. The van der Waals surface area contributed by atoms with Crippen molar-refractivity contribution in [1.82, 2.24) is 0 Å². The number of rotatable bonds is 3. The maximum atomic E-state index is 10.6. The maximum Gasteiger partial charge on any atom is 2.00 e. The standard InChI is InChI=1S/C7H8O6S2.Ca/c8-14(9,10)7(15(11,12)13)6-4-2-1-3-5-6;/h1-5,7H,(H,8,9,10)(H,11,12,13);/q;+2/p-2. The van der Waals surface area contributed by atoms with Gasteiger partial charge in [0.25, 0.3) is 0 Å². The van der Waals surface area contributed by atoms with E-state index in [1.54, 1.807) is 0 Å². The summed E-state index contributed by atoms with van der Waals surface area (Å²) >= 11 is 0. The van der Waals surface area contributed by atoms with Gasteiger partial charge in [0.2, 0.25) is 0 Å². The Morgan fingerprint density at radius 1 is 0.875 bits per heavy atom. The van der Waals surface area contributed by atoms with Crippen LogP contribution in [0.25, 0.3) is 0 Å². The molecule has 1 rings (SSSR count). The molecule has 0 aliphatic rings. The minimum absolute atomic E-state index is 0. The van der Waals surface area contributed by atoms with E-state index in [1.807, 2.05) is 0 Å². The fourth-order valence-electron chi connectivity index (χ4n) is 1.09. The van der Waals surface area contributed by atoms with Gasteiger partial charge >= 0.3 is 37.7 Å². The molecule has 0 spiro atoms. The molecule has 0 saturated heterocycles. The molecule has 0 aliphatic heterocycles. The minimum atomic E-state index is -5.23. The summed E-state index contributed by atoms with van der Waals surface area (Å²) in [6.07, 6.45) is 0. The Morgan fingerprint density at radius 2 is 1.25 bits per heavy atom. The van der Waals surface area contributed by atoms with Gasteiger partial charge in [-0.3, -0.25) is 0 Å². The molecular weight excluding hydrogens is 284 g/mol. The van der Waals surface area contributed by atoms with E-state index >= 15 is 0 Å². The Hall–Kier alpha value is 0.300. The Kier molecular flexibility index (Phi) is 5.87. The zero-order valence-electron chi connectivity index (χ0n) is 7.94. The summed E-state index contributed by atoms with van der Waals surface area (Å²) in [5, 5.41) is 0. The van der Waals surface area contributed by atoms with Crippen LogP contribution in [0.2, 0.25) is 0 Å². The smallest absolute Gasteiger partial charge is 0.747 e. The monoisotopic (exact) mass is 290 g/mol. The second kappa shape index (κ2) is 5.76. The van der Waals surface area contributed by atoms with Crippen LogP contribution >= 0.6 is 0 Å². The summed E-state index contributed by atoms with van der Waals surface area (Å²) in [6, 6.07) is 6.35. The molecule has 0 amide bonds. The van der Waals surface area contributed by atoms with Crippen molar-refractivity contribution in [3.05, 3.63) is 35.9 Å². The van der Waals surface area contributed by atoms with E-state index in [9.17, 15) is 25.9 Å². The molecule has 0 atom stereocenters. The van der Waals surface area contributed by atoms with Crippen LogP contribution < -0.4 is 0 Å². The molecule has 0 radical (unpaired) electrons.